The molecular weight excluding hydrogens is 274 g/mol. The van der Waals surface area contributed by atoms with Gasteiger partial charge in [0.05, 0.1) is 4.92 Å². The van der Waals surface area contributed by atoms with E-state index in [1.54, 1.807) is 0 Å². The van der Waals surface area contributed by atoms with Gasteiger partial charge >= 0.3 is 5.69 Å². The molecule has 3 N–H and O–H groups in total. The third-order valence-electron chi connectivity index (χ3n) is 3.83. The quantitative estimate of drug-likeness (QED) is 0.271. The second-order valence-electron chi connectivity index (χ2n) is 5.14. The molecule has 8 heteroatoms. The molecule has 0 atom stereocenters. The maximum absolute atomic E-state index is 11.3. The molecule has 0 aliphatic heterocycles. The van der Waals surface area contributed by atoms with Crippen LogP contribution in [0.1, 0.15) is 31.7 Å². The fourth-order valence-electron chi connectivity index (χ4n) is 2.37. The molecule has 21 heavy (non-hydrogen) atoms. The monoisotopic (exact) mass is 293 g/mol. The van der Waals surface area contributed by atoms with Crippen molar-refractivity contribution in [2.45, 2.75) is 26.2 Å². The minimum absolute atomic E-state index is 0.125. The van der Waals surface area contributed by atoms with Crippen molar-refractivity contribution in [3.05, 3.63) is 27.9 Å². The SMILES string of the molecule is CCN(CC1CCC1)c1ncc(C(N)=NO)cc1[N+](=O)[O-]. The smallest absolute Gasteiger partial charge is 0.312 e. The van der Waals surface area contributed by atoms with E-state index in [1.807, 2.05) is 11.8 Å². The van der Waals surface area contributed by atoms with Gasteiger partial charge in [-0.3, -0.25) is 10.1 Å². The largest absolute Gasteiger partial charge is 0.409 e. The molecule has 114 valence electrons. The van der Waals surface area contributed by atoms with Crippen LogP contribution in [-0.2, 0) is 0 Å². The third-order valence-corrected chi connectivity index (χ3v) is 3.83. The summed E-state index contributed by atoms with van der Waals surface area (Å²) in [6.45, 7) is 3.36. The van der Waals surface area contributed by atoms with E-state index in [4.69, 9.17) is 10.9 Å². The van der Waals surface area contributed by atoms with Gasteiger partial charge in [0, 0.05) is 30.9 Å². The number of hydrogen-bond donors (Lipinski definition) is 2. The number of nitrogens with two attached hydrogens (primary N) is 1. The van der Waals surface area contributed by atoms with Crippen LogP contribution in [0.4, 0.5) is 11.5 Å². The highest BCUT2D eigenvalue weighted by Gasteiger charge is 2.26. The first-order valence-electron chi connectivity index (χ1n) is 6.94. The van der Waals surface area contributed by atoms with Crippen molar-refractivity contribution < 1.29 is 10.1 Å². The first-order chi connectivity index (χ1) is 10.1. The third kappa shape index (κ3) is 3.21. The summed E-state index contributed by atoms with van der Waals surface area (Å²) in [7, 11) is 0. The van der Waals surface area contributed by atoms with Gasteiger partial charge in [0.2, 0.25) is 5.82 Å². The Morgan fingerprint density at radius 2 is 2.38 bits per heavy atom. The van der Waals surface area contributed by atoms with Crippen molar-refractivity contribution in [3.63, 3.8) is 0 Å². The van der Waals surface area contributed by atoms with Gasteiger partial charge in [0.15, 0.2) is 5.84 Å². The lowest BCUT2D eigenvalue weighted by molar-refractivity contribution is -0.384. The van der Waals surface area contributed by atoms with Gasteiger partial charge < -0.3 is 15.8 Å². The van der Waals surface area contributed by atoms with Crippen LogP contribution in [0.2, 0.25) is 0 Å². The minimum atomic E-state index is -0.486. The predicted molar refractivity (Wildman–Crippen MR) is 78.6 cm³/mol. The molecular formula is C13H19N5O3. The zero-order valence-corrected chi connectivity index (χ0v) is 11.9. The number of rotatable bonds is 6. The fourth-order valence-corrected chi connectivity index (χ4v) is 2.37. The first kappa shape index (κ1) is 15.0. The average Bonchev–Trinajstić information content (AvgIpc) is 2.45. The Hall–Kier alpha value is -2.38. The van der Waals surface area contributed by atoms with Crippen LogP contribution in [0.3, 0.4) is 0 Å². The molecule has 0 unspecified atom stereocenters. The number of amidine groups is 1. The predicted octanol–water partition coefficient (Wildman–Crippen LogP) is 1.71. The van der Waals surface area contributed by atoms with Crippen LogP contribution < -0.4 is 10.6 Å². The molecule has 1 heterocycles. The van der Waals surface area contributed by atoms with E-state index < -0.39 is 4.92 Å². The number of nitrogens with zero attached hydrogens (tertiary/aromatic N) is 4. The van der Waals surface area contributed by atoms with Gasteiger partial charge in [-0.1, -0.05) is 11.6 Å². The van der Waals surface area contributed by atoms with Crippen LogP contribution in [0.25, 0.3) is 0 Å². The van der Waals surface area contributed by atoms with Gasteiger partial charge in [-0.25, -0.2) is 4.98 Å². The topological polar surface area (TPSA) is 118 Å². The van der Waals surface area contributed by atoms with Crippen molar-refractivity contribution in [1.82, 2.24) is 4.98 Å². The number of hydrogen-bond acceptors (Lipinski definition) is 6. The van der Waals surface area contributed by atoms with Crippen LogP contribution in [-0.4, -0.2) is 34.0 Å². The first-order valence-corrected chi connectivity index (χ1v) is 6.94. The van der Waals surface area contributed by atoms with E-state index in [-0.39, 0.29) is 17.1 Å². The maximum Gasteiger partial charge on any atom is 0.312 e. The standard InChI is InChI=1S/C13H19N5O3/c1-2-17(8-9-4-3-5-9)13-11(18(20)21)6-10(7-15-13)12(14)16-19/h6-7,9,19H,2-5,8H2,1H3,(H2,14,16). The molecule has 1 fully saturated rings. The molecule has 0 saturated heterocycles. The highest BCUT2D eigenvalue weighted by atomic mass is 16.6. The summed E-state index contributed by atoms with van der Waals surface area (Å²) in [5, 5.41) is 22.8. The van der Waals surface area contributed by atoms with Crippen molar-refractivity contribution >= 4 is 17.3 Å². The van der Waals surface area contributed by atoms with E-state index in [0.717, 1.165) is 19.4 Å². The number of anilines is 1. The molecule has 1 aliphatic rings. The summed E-state index contributed by atoms with van der Waals surface area (Å²) in [4.78, 5) is 16.9. The minimum Gasteiger partial charge on any atom is -0.409 e. The molecule has 1 saturated carbocycles. The molecule has 1 aromatic rings. The Bertz CT molecular complexity index is 557. The summed E-state index contributed by atoms with van der Waals surface area (Å²) in [5.41, 5.74) is 5.56. The lowest BCUT2D eigenvalue weighted by Gasteiger charge is -2.32. The highest BCUT2D eigenvalue weighted by molar-refractivity contribution is 5.97. The second-order valence-corrected chi connectivity index (χ2v) is 5.14. The molecule has 1 aliphatic carbocycles. The Kier molecular flexibility index (Phi) is 4.56. The highest BCUT2D eigenvalue weighted by Crippen LogP contribution is 2.32. The van der Waals surface area contributed by atoms with Gasteiger partial charge in [-0.2, -0.15) is 0 Å². The fraction of sp³-hybridized carbons (Fsp3) is 0.538. The van der Waals surface area contributed by atoms with E-state index in [1.165, 1.54) is 18.7 Å². The van der Waals surface area contributed by atoms with Gasteiger partial charge in [0.25, 0.3) is 0 Å². The summed E-state index contributed by atoms with van der Waals surface area (Å²) in [6.07, 6.45) is 4.93. The molecule has 0 radical (unpaired) electrons. The molecule has 1 aromatic heterocycles. The lowest BCUT2D eigenvalue weighted by Crippen LogP contribution is -2.33. The normalized spacial score (nSPS) is 15.6. The number of oxime groups is 1. The zero-order chi connectivity index (χ0) is 15.4. The van der Waals surface area contributed by atoms with E-state index in [9.17, 15) is 10.1 Å². The number of pyridine rings is 1. The Labute approximate surface area is 122 Å². The summed E-state index contributed by atoms with van der Waals surface area (Å²) >= 11 is 0. The van der Waals surface area contributed by atoms with E-state index >= 15 is 0 Å². The number of aromatic nitrogens is 1. The van der Waals surface area contributed by atoms with Crippen molar-refractivity contribution in [3.8, 4) is 0 Å². The molecule has 0 aromatic carbocycles. The van der Waals surface area contributed by atoms with Crippen molar-refractivity contribution in [1.29, 1.82) is 0 Å². The number of nitro groups is 1. The second kappa shape index (κ2) is 6.38. The Morgan fingerprint density at radius 3 is 2.86 bits per heavy atom. The maximum atomic E-state index is 11.3. The van der Waals surface area contributed by atoms with Crippen molar-refractivity contribution in [2.24, 2.45) is 16.8 Å². The summed E-state index contributed by atoms with van der Waals surface area (Å²) in [5.74, 6) is 0.721. The van der Waals surface area contributed by atoms with Crippen LogP contribution >= 0.6 is 0 Å². The van der Waals surface area contributed by atoms with Crippen LogP contribution in [0.15, 0.2) is 17.4 Å². The molecule has 0 amide bonds. The molecule has 8 nitrogen and oxygen atoms in total. The molecule has 0 bridgehead atoms. The van der Waals surface area contributed by atoms with Gasteiger partial charge in [0.1, 0.15) is 0 Å². The Balaban J connectivity index is 2.33. The van der Waals surface area contributed by atoms with Gasteiger partial charge in [-0.15, -0.1) is 0 Å². The van der Waals surface area contributed by atoms with E-state index in [2.05, 4.69) is 10.1 Å². The molecule has 0 spiro atoms. The van der Waals surface area contributed by atoms with Gasteiger partial charge in [-0.05, 0) is 25.7 Å². The molecule has 2 rings (SSSR count). The lowest BCUT2D eigenvalue weighted by atomic mass is 9.85. The summed E-state index contributed by atoms with van der Waals surface area (Å²) in [6, 6.07) is 1.29. The Morgan fingerprint density at radius 1 is 1.67 bits per heavy atom. The summed E-state index contributed by atoms with van der Waals surface area (Å²) < 4.78 is 0. The van der Waals surface area contributed by atoms with Crippen LogP contribution in [0, 0.1) is 16.0 Å². The van der Waals surface area contributed by atoms with Crippen LogP contribution in [0.5, 0.6) is 0 Å². The van der Waals surface area contributed by atoms with E-state index in [0.29, 0.717) is 18.3 Å². The average molecular weight is 293 g/mol. The zero-order valence-electron chi connectivity index (χ0n) is 11.9. The van der Waals surface area contributed by atoms with Crippen molar-refractivity contribution in [2.75, 3.05) is 18.0 Å².